The molecule has 1 aliphatic heterocycles. The highest BCUT2D eigenvalue weighted by molar-refractivity contribution is 5.97. The van der Waals surface area contributed by atoms with Crippen LogP contribution in [-0.2, 0) is 4.79 Å². The molecule has 2 fully saturated rings. The Balaban J connectivity index is 1.30. The second kappa shape index (κ2) is 7.46. The Bertz CT molecular complexity index is 1180. The topological polar surface area (TPSA) is 73.7 Å². The van der Waals surface area contributed by atoms with Gasteiger partial charge in [0.15, 0.2) is 0 Å². The molecule has 1 aliphatic carbocycles. The molecule has 1 saturated carbocycles. The Morgan fingerprint density at radius 3 is 2.35 bits per heavy atom. The van der Waals surface area contributed by atoms with Crippen molar-refractivity contribution in [3.63, 3.8) is 0 Å². The van der Waals surface area contributed by atoms with Crippen LogP contribution in [0.15, 0.2) is 54.7 Å². The van der Waals surface area contributed by atoms with Crippen LogP contribution in [0.25, 0.3) is 22.0 Å². The molecule has 31 heavy (non-hydrogen) atoms. The SMILES string of the molecule is Cc1cc(-c2cnc3ccccc3c2)ccc1C(=O)N1CCN(C(=O)C2(O)CC2)CC1. The summed E-state index contributed by atoms with van der Waals surface area (Å²) in [4.78, 5) is 33.4. The van der Waals surface area contributed by atoms with Crippen LogP contribution in [-0.4, -0.2) is 63.5 Å². The number of carbonyl (C=O) groups excluding carboxylic acids is 2. The predicted molar refractivity (Wildman–Crippen MR) is 119 cm³/mol. The number of aryl methyl sites for hydroxylation is 1. The van der Waals surface area contributed by atoms with Gasteiger partial charge in [0.25, 0.3) is 11.8 Å². The first-order chi connectivity index (χ1) is 14.9. The van der Waals surface area contributed by atoms with Gasteiger partial charge in [-0.05, 0) is 49.1 Å². The summed E-state index contributed by atoms with van der Waals surface area (Å²) in [6.07, 6.45) is 2.95. The number of hydrogen-bond acceptors (Lipinski definition) is 4. The zero-order valence-corrected chi connectivity index (χ0v) is 17.5. The average Bonchev–Trinajstić information content (AvgIpc) is 3.56. The minimum absolute atomic E-state index is 0.0158. The number of carbonyl (C=O) groups is 2. The molecule has 0 atom stereocenters. The van der Waals surface area contributed by atoms with Gasteiger partial charge in [-0.1, -0.05) is 30.3 Å². The molecule has 0 radical (unpaired) electrons. The number of piperazine rings is 1. The number of rotatable bonds is 3. The fourth-order valence-electron chi connectivity index (χ4n) is 4.22. The first-order valence-electron chi connectivity index (χ1n) is 10.7. The lowest BCUT2D eigenvalue weighted by atomic mass is 9.99. The normalized spacial score (nSPS) is 17.6. The summed E-state index contributed by atoms with van der Waals surface area (Å²) in [5.41, 5.74) is 3.46. The van der Waals surface area contributed by atoms with Gasteiger partial charge in [-0.15, -0.1) is 0 Å². The second-order valence-corrected chi connectivity index (χ2v) is 8.56. The lowest BCUT2D eigenvalue weighted by molar-refractivity contribution is -0.143. The van der Waals surface area contributed by atoms with Crippen LogP contribution in [0, 0.1) is 6.92 Å². The molecular formula is C25H25N3O3. The average molecular weight is 415 g/mol. The van der Waals surface area contributed by atoms with Crippen LogP contribution >= 0.6 is 0 Å². The molecule has 2 amide bonds. The molecule has 5 rings (SSSR count). The molecule has 2 aliphatic rings. The van der Waals surface area contributed by atoms with E-state index >= 15 is 0 Å². The number of nitrogens with zero attached hydrogens (tertiary/aromatic N) is 3. The van der Waals surface area contributed by atoms with E-state index < -0.39 is 5.60 Å². The molecular weight excluding hydrogens is 390 g/mol. The van der Waals surface area contributed by atoms with Crippen molar-refractivity contribution < 1.29 is 14.7 Å². The molecule has 6 heteroatoms. The van der Waals surface area contributed by atoms with E-state index in [9.17, 15) is 14.7 Å². The summed E-state index contributed by atoms with van der Waals surface area (Å²) in [6, 6.07) is 16.0. The molecule has 3 aromatic rings. The van der Waals surface area contributed by atoms with Gasteiger partial charge < -0.3 is 14.9 Å². The van der Waals surface area contributed by atoms with Gasteiger partial charge in [0.1, 0.15) is 5.60 Å². The maximum Gasteiger partial charge on any atom is 0.254 e. The summed E-state index contributed by atoms with van der Waals surface area (Å²) in [7, 11) is 0. The summed E-state index contributed by atoms with van der Waals surface area (Å²) in [5.74, 6) is -0.206. The molecule has 0 bridgehead atoms. The van der Waals surface area contributed by atoms with Crippen molar-refractivity contribution in [1.82, 2.24) is 14.8 Å². The van der Waals surface area contributed by atoms with Crippen LogP contribution in [0.3, 0.4) is 0 Å². The van der Waals surface area contributed by atoms with Crippen molar-refractivity contribution in [2.45, 2.75) is 25.4 Å². The lowest BCUT2D eigenvalue weighted by Crippen LogP contribution is -2.53. The lowest BCUT2D eigenvalue weighted by Gasteiger charge is -2.36. The third kappa shape index (κ3) is 3.68. The van der Waals surface area contributed by atoms with E-state index in [4.69, 9.17) is 0 Å². The maximum absolute atomic E-state index is 13.1. The van der Waals surface area contributed by atoms with Gasteiger partial charge in [-0.2, -0.15) is 0 Å². The van der Waals surface area contributed by atoms with E-state index in [0.717, 1.165) is 27.6 Å². The van der Waals surface area contributed by atoms with Crippen molar-refractivity contribution in [3.05, 3.63) is 65.9 Å². The fourth-order valence-corrected chi connectivity index (χ4v) is 4.22. The van der Waals surface area contributed by atoms with Gasteiger partial charge in [-0.3, -0.25) is 14.6 Å². The van der Waals surface area contributed by atoms with E-state index in [1.807, 2.05) is 55.6 Å². The first-order valence-corrected chi connectivity index (χ1v) is 10.7. The van der Waals surface area contributed by atoms with Crippen LogP contribution in [0.2, 0.25) is 0 Å². The van der Waals surface area contributed by atoms with Crippen molar-refractivity contribution >= 4 is 22.7 Å². The highest BCUT2D eigenvalue weighted by Gasteiger charge is 2.50. The molecule has 1 aromatic heterocycles. The van der Waals surface area contributed by atoms with Crippen LogP contribution in [0.4, 0.5) is 0 Å². The quantitative estimate of drug-likeness (QED) is 0.714. The Morgan fingerprint density at radius 1 is 0.935 bits per heavy atom. The fraction of sp³-hybridized carbons (Fsp3) is 0.320. The number of para-hydroxylation sites is 1. The highest BCUT2D eigenvalue weighted by atomic mass is 16.3. The predicted octanol–water partition coefficient (Wildman–Crippen LogP) is 3.02. The number of benzene rings is 2. The largest absolute Gasteiger partial charge is 0.380 e. The van der Waals surface area contributed by atoms with E-state index in [-0.39, 0.29) is 11.8 Å². The van der Waals surface area contributed by atoms with Crippen LogP contribution in [0.5, 0.6) is 0 Å². The Morgan fingerprint density at radius 2 is 1.65 bits per heavy atom. The zero-order valence-electron chi connectivity index (χ0n) is 17.5. The first kappa shape index (κ1) is 19.7. The number of fused-ring (bicyclic) bond motifs is 1. The standard InChI is InChI=1S/C25H25N3O3/c1-17-14-18(20-15-19-4-2-3-5-22(19)26-16-20)6-7-21(17)23(29)27-10-12-28(13-11-27)24(30)25(31)8-9-25/h2-7,14-16,31H,8-13H2,1H3. The van der Waals surface area contributed by atoms with Crippen molar-refractivity contribution in [3.8, 4) is 11.1 Å². The maximum atomic E-state index is 13.1. The monoisotopic (exact) mass is 415 g/mol. The second-order valence-electron chi connectivity index (χ2n) is 8.56. The van der Waals surface area contributed by atoms with E-state index in [0.29, 0.717) is 44.6 Å². The number of aliphatic hydroxyl groups is 1. The van der Waals surface area contributed by atoms with Gasteiger partial charge >= 0.3 is 0 Å². The minimum Gasteiger partial charge on any atom is -0.380 e. The molecule has 6 nitrogen and oxygen atoms in total. The molecule has 0 spiro atoms. The van der Waals surface area contributed by atoms with E-state index in [1.165, 1.54) is 0 Å². The van der Waals surface area contributed by atoms with Crippen molar-refractivity contribution in [2.75, 3.05) is 26.2 Å². The minimum atomic E-state index is -1.14. The van der Waals surface area contributed by atoms with Gasteiger partial charge in [0.05, 0.1) is 5.52 Å². The Kier molecular flexibility index (Phi) is 4.74. The van der Waals surface area contributed by atoms with Crippen LogP contribution in [0.1, 0.15) is 28.8 Å². The number of aromatic nitrogens is 1. The molecule has 1 saturated heterocycles. The van der Waals surface area contributed by atoms with E-state index in [1.54, 1.807) is 9.80 Å². The third-order valence-electron chi connectivity index (χ3n) is 6.36. The molecule has 158 valence electrons. The van der Waals surface area contributed by atoms with Crippen molar-refractivity contribution in [1.29, 1.82) is 0 Å². The van der Waals surface area contributed by atoms with Gasteiger partial charge in [-0.25, -0.2) is 0 Å². The van der Waals surface area contributed by atoms with E-state index in [2.05, 4.69) is 11.1 Å². The summed E-state index contributed by atoms with van der Waals surface area (Å²) >= 11 is 0. The smallest absolute Gasteiger partial charge is 0.254 e. The third-order valence-corrected chi connectivity index (χ3v) is 6.36. The number of hydrogen-bond donors (Lipinski definition) is 1. The number of pyridine rings is 1. The molecule has 2 heterocycles. The molecule has 1 N–H and O–H groups in total. The van der Waals surface area contributed by atoms with Gasteiger partial charge in [0, 0.05) is 48.9 Å². The zero-order chi connectivity index (χ0) is 21.6. The Labute approximate surface area is 181 Å². The summed E-state index contributed by atoms with van der Waals surface area (Å²) < 4.78 is 0. The Hall–Kier alpha value is -3.25. The highest BCUT2D eigenvalue weighted by Crippen LogP contribution is 2.37. The van der Waals surface area contributed by atoms with Gasteiger partial charge in [0.2, 0.25) is 0 Å². The van der Waals surface area contributed by atoms with Crippen molar-refractivity contribution in [2.24, 2.45) is 0 Å². The molecule has 0 unspecified atom stereocenters. The molecule has 2 aromatic carbocycles. The summed E-state index contributed by atoms with van der Waals surface area (Å²) in [5, 5.41) is 11.1. The number of amides is 2. The van der Waals surface area contributed by atoms with Crippen LogP contribution < -0.4 is 0 Å². The summed E-state index contributed by atoms with van der Waals surface area (Å²) in [6.45, 7) is 3.85.